The highest BCUT2D eigenvalue weighted by molar-refractivity contribution is 5.88. The number of nitrogens with two attached hydrogens (primary N) is 1. The molecule has 6 heteroatoms. The summed E-state index contributed by atoms with van der Waals surface area (Å²) in [5.74, 6) is -0.303. The van der Waals surface area contributed by atoms with E-state index in [9.17, 15) is 9.18 Å². The highest BCUT2D eigenvalue weighted by atomic mass is 19.1. The lowest BCUT2D eigenvalue weighted by Gasteiger charge is -2.20. The number of benzene rings is 2. The number of hydrogen-bond acceptors (Lipinski definition) is 3. The molecule has 0 spiro atoms. The van der Waals surface area contributed by atoms with Crippen molar-refractivity contribution < 1.29 is 14.3 Å². The van der Waals surface area contributed by atoms with E-state index in [1.807, 2.05) is 11.9 Å². The number of carbonyl (C=O) groups is 1. The third-order valence-electron chi connectivity index (χ3n) is 2.88. The van der Waals surface area contributed by atoms with E-state index in [2.05, 4.69) is 5.32 Å². The number of amides is 1. The van der Waals surface area contributed by atoms with Gasteiger partial charge in [-0.05, 0) is 42.5 Å². The quantitative estimate of drug-likeness (QED) is 0.751. The maximum absolute atomic E-state index is 12.9. The van der Waals surface area contributed by atoms with E-state index in [1.54, 1.807) is 30.3 Å². The SMILES string of the molecule is CN(c1ccc(F)cc1)c1ccc(NC(=O)O)c(N)c1. The summed E-state index contributed by atoms with van der Waals surface area (Å²) in [4.78, 5) is 12.4. The van der Waals surface area contributed by atoms with Gasteiger partial charge in [-0.3, -0.25) is 5.32 Å². The fourth-order valence-electron chi connectivity index (χ4n) is 1.80. The molecule has 0 atom stereocenters. The Balaban J connectivity index is 2.26. The molecule has 2 aromatic rings. The third-order valence-corrected chi connectivity index (χ3v) is 2.88. The van der Waals surface area contributed by atoms with Crippen molar-refractivity contribution in [2.45, 2.75) is 0 Å². The van der Waals surface area contributed by atoms with Crippen LogP contribution in [-0.4, -0.2) is 18.2 Å². The lowest BCUT2D eigenvalue weighted by atomic mass is 10.2. The van der Waals surface area contributed by atoms with Crippen molar-refractivity contribution in [2.24, 2.45) is 0 Å². The largest absolute Gasteiger partial charge is 0.465 e. The molecule has 0 aromatic heterocycles. The van der Waals surface area contributed by atoms with Crippen molar-refractivity contribution in [1.29, 1.82) is 0 Å². The van der Waals surface area contributed by atoms with Gasteiger partial charge in [0, 0.05) is 18.4 Å². The van der Waals surface area contributed by atoms with E-state index < -0.39 is 6.09 Å². The number of anilines is 4. The predicted octanol–water partition coefficient (Wildman–Crippen LogP) is 3.27. The molecule has 0 heterocycles. The van der Waals surface area contributed by atoms with Crippen molar-refractivity contribution in [3.05, 3.63) is 48.3 Å². The first-order chi connectivity index (χ1) is 9.47. The molecular weight excluding hydrogens is 261 g/mol. The standard InChI is InChI=1S/C14H14FN3O2/c1-18(10-4-2-9(15)3-5-10)11-6-7-13(12(16)8-11)17-14(19)20/h2-8,17H,16H2,1H3,(H,19,20). The van der Waals surface area contributed by atoms with E-state index in [1.165, 1.54) is 12.1 Å². The van der Waals surface area contributed by atoms with Crippen LogP contribution in [0.1, 0.15) is 0 Å². The van der Waals surface area contributed by atoms with Gasteiger partial charge < -0.3 is 15.7 Å². The van der Waals surface area contributed by atoms with Crippen LogP contribution in [0, 0.1) is 5.82 Å². The molecular formula is C14H14FN3O2. The van der Waals surface area contributed by atoms with Crippen LogP contribution in [0.3, 0.4) is 0 Å². The number of nitrogens with one attached hydrogen (secondary N) is 1. The minimum absolute atomic E-state index is 0.303. The monoisotopic (exact) mass is 275 g/mol. The lowest BCUT2D eigenvalue weighted by Crippen LogP contribution is -2.12. The second-order valence-electron chi connectivity index (χ2n) is 4.24. The van der Waals surface area contributed by atoms with Crippen LogP contribution in [0.15, 0.2) is 42.5 Å². The molecule has 2 rings (SSSR count). The van der Waals surface area contributed by atoms with Gasteiger partial charge in [-0.2, -0.15) is 0 Å². The second-order valence-corrected chi connectivity index (χ2v) is 4.24. The van der Waals surface area contributed by atoms with E-state index in [4.69, 9.17) is 10.8 Å². The lowest BCUT2D eigenvalue weighted by molar-refractivity contribution is 0.210. The average molecular weight is 275 g/mol. The van der Waals surface area contributed by atoms with E-state index in [0.717, 1.165) is 11.4 Å². The van der Waals surface area contributed by atoms with Crippen LogP contribution in [-0.2, 0) is 0 Å². The Hall–Kier alpha value is -2.76. The van der Waals surface area contributed by atoms with Crippen LogP contribution in [0.4, 0.5) is 31.9 Å². The summed E-state index contributed by atoms with van der Waals surface area (Å²) in [6.45, 7) is 0. The first-order valence-electron chi connectivity index (χ1n) is 5.86. The molecule has 1 amide bonds. The van der Waals surface area contributed by atoms with Crippen molar-refractivity contribution in [3.8, 4) is 0 Å². The molecule has 0 unspecified atom stereocenters. The molecule has 0 aliphatic heterocycles. The topological polar surface area (TPSA) is 78.6 Å². The van der Waals surface area contributed by atoms with Crippen molar-refractivity contribution in [1.82, 2.24) is 0 Å². The van der Waals surface area contributed by atoms with Gasteiger partial charge in [0.25, 0.3) is 0 Å². The molecule has 0 radical (unpaired) electrons. The average Bonchev–Trinajstić information content (AvgIpc) is 2.41. The summed E-state index contributed by atoms with van der Waals surface area (Å²) in [5.41, 5.74) is 8.01. The zero-order chi connectivity index (χ0) is 14.7. The Bertz CT molecular complexity index is 629. The van der Waals surface area contributed by atoms with Crippen LogP contribution in [0.2, 0.25) is 0 Å². The van der Waals surface area contributed by atoms with Gasteiger partial charge in [0.05, 0.1) is 11.4 Å². The molecule has 0 fully saturated rings. The number of halogens is 1. The second kappa shape index (κ2) is 5.48. The van der Waals surface area contributed by atoms with Crippen molar-refractivity contribution >= 4 is 28.8 Å². The third kappa shape index (κ3) is 2.97. The molecule has 0 aliphatic rings. The van der Waals surface area contributed by atoms with Crippen LogP contribution < -0.4 is 16.0 Å². The van der Waals surface area contributed by atoms with Gasteiger partial charge in [-0.15, -0.1) is 0 Å². The Morgan fingerprint density at radius 1 is 1.20 bits per heavy atom. The summed E-state index contributed by atoms with van der Waals surface area (Å²) < 4.78 is 12.9. The molecule has 2 aromatic carbocycles. The zero-order valence-corrected chi connectivity index (χ0v) is 10.8. The highest BCUT2D eigenvalue weighted by Gasteiger charge is 2.08. The van der Waals surface area contributed by atoms with E-state index in [-0.39, 0.29) is 5.82 Å². The van der Waals surface area contributed by atoms with Gasteiger partial charge in [0.1, 0.15) is 5.82 Å². The van der Waals surface area contributed by atoms with Crippen molar-refractivity contribution in [3.63, 3.8) is 0 Å². The Labute approximate surface area is 115 Å². The fourth-order valence-corrected chi connectivity index (χ4v) is 1.80. The smallest absolute Gasteiger partial charge is 0.409 e. The Morgan fingerprint density at radius 2 is 1.80 bits per heavy atom. The molecule has 4 N–H and O–H groups in total. The molecule has 0 saturated heterocycles. The maximum atomic E-state index is 12.9. The number of carboxylic acid groups (broad SMARTS) is 1. The molecule has 0 bridgehead atoms. The summed E-state index contributed by atoms with van der Waals surface area (Å²) in [7, 11) is 1.81. The van der Waals surface area contributed by atoms with E-state index >= 15 is 0 Å². The van der Waals surface area contributed by atoms with Gasteiger partial charge in [0.15, 0.2) is 0 Å². The van der Waals surface area contributed by atoms with Crippen molar-refractivity contribution in [2.75, 3.05) is 23.0 Å². The van der Waals surface area contributed by atoms with Crippen LogP contribution in [0.25, 0.3) is 0 Å². The highest BCUT2D eigenvalue weighted by Crippen LogP contribution is 2.29. The fraction of sp³-hybridized carbons (Fsp3) is 0.0714. The molecule has 0 saturated carbocycles. The number of nitrogens with zero attached hydrogens (tertiary/aromatic N) is 1. The summed E-state index contributed by atoms with van der Waals surface area (Å²) in [6.07, 6.45) is -1.17. The maximum Gasteiger partial charge on any atom is 0.409 e. The van der Waals surface area contributed by atoms with E-state index in [0.29, 0.717) is 11.4 Å². The molecule has 20 heavy (non-hydrogen) atoms. The minimum atomic E-state index is -1.17. The van der Waals surface area contributed by atoms with Gasteiger partial charge >= 0.3 is 6.09 Å². The summed E-state index contributed by atoms with van der Waals surface area (Å²) in [5, 5.41) is 10.9. The number of rotatable bonds is 3. The van der Waals surface area contributed by atoms with Gasteiger partial charge in [-0.25, -0.2) is 9.18 Å². The minimum Gasteiger partial charge on any atom is -0.465 e. The summed E-state index contributed by atoms with van der Waals surface area (Å²) in [6, 6.07) is 11.0. The predicted molar refractivity (Wildman–Crippen MR) is 77.0 cm³/mol. The van der Waals surface area contributed by atoms with Gasteiger partial charge in [0.2, 0.25) is 0 Å². The van der Waals surface area contributed by atoms with Crippen LogP contribution >= 0.6 is 0 Å². The zero-order valence-electron chi connectivity index (χ0n) is 10.8. The molecule has 5 nitrogen and oxygen atoms in total. The first-order valence-corrected chi connectivity index (χ1v) is 5.86. The summed E-state index contributed by atoms with van der Waals surface area (Å²) >= 11 is 0. The normalized spacial score (nSPS) is 10.1. The Kier molecular flexibility index (Phi) is 3.74. The number of hydrogen-bond donors (Lipinski definition) is 3. The number of nitrogen functional groups attached to an aromatic ring is 1. The van der Waals surface area contributed by atoms with Gasteiger partial charge in [-0.1, -0.05) is 0 Å². The Morgan fingerprint density at radius 3 is 2.35 bits per heavy atom. The van der Waals surface area contributed by atoms with Crippen LogP contribution in [0.5, 0.6) is 0 Å². The molecule has 104 valence electrons. The molecule has 0 aliphatic carbocycles. The first kappa shape index (κ1) is 13.7.